The van der Waals surface area contributed by atoms with Crippen LogP contribution in [0.4, 0.5) is 0 Å². The van der Waals surface area contributed by atoms with Gasteiger partial charge in [0, 0.05) is 19.3 Å². The molecule has 0 heterocycles. The van der Waals surface area contributed by atoms with Gasteiger partial charge in [0.25, 0.3) is 0 Å². The number of esters is 3. The Morgan fingerprint density at radius 3 is 0.790 bits per heavy atom. The molecule has 4 N–H and O–H groups in total. The van der Waals surface area contributed by atoms with Crippen LogP contribution in [0.3, 0.4) is 0 Å². The number of unbranched alkanes of at least 4 members (excludes halogenated alkanes) is 39. The lowest BCUT2D eigenvalue weighted by Gasteiger charge is -2.21. The zero-order chi connectivity index (χ0) is 76.6. The first-order valence-electron chi connectivity index (χ1n) is 42.2. The fourth-order valence-corrected chi connectivity index (χ4v) is 13.0. The molecule has 18 heteroatoms. The molecule has 0 aliphatic carbocycles. The zero-order valence-corrected chi connectivity index (χ0v) is 68.4. The minimum absolute atomic E-state index is 0.0928. The molecule has 0 aromatic rings. The Labute approximate surface area is 640 Å². The monoisotopic (exact) mass is 1520 g/mol. The molecule has 0 rings (SSSR count). The SMILES string of the molecule is CCCC/C=C\CCCCCCCC(=O)OC(COC(=O)CCCCCCCCCCC/C=C\C/C=C\C/C=C\C/C=C\CCCCC)COP(=O)(O)OCC(O)COP(=O)(O)OCC(O)COC(=O)CCCCCCCCCCCCCCCCCCC/C=C\C/C=C\C/C=C\C/C=C\CCCCC. The first-order valence-corrected chi connectivity index (χ1v) is 45.2. The molecule has 0 saturated heterocycles. The lowest BCUT2D eigenvalue weighted by Crippen LogP contribution is -2.30. The van der Waals surface area contributed by atoms with Crippen molar-refractivity contribution in [3.8, 4) is 0 Å². The van der Waals surface area contributed by atoms with E-state index >= 15 is 0 Å². The Balaban J connectivity index is 4.37. The molecule has 5 atom stereocenters. The molecule has 0 saturated carbocycles. The highest BCUT2D eigenvalue weighted by Gasteiger charge is 2.29. The Kier molecular flexibility index (Phi) is 76.9. The normalized spacial score (nSPS) is 14.5. The average molecular weight is 1520 g/mol. The maximum absolute atomic E-state index is 12.9. The van der Waals surface area contributed by atoms with Gasteiger partial charge < -0.3 is 34.2 Å². The third-order valence-electron chi connectivity index (χ3n) is 17.9. The van der Waals surface area contributed by atoms with E-state index in [9.17, 15) is 43.5 Å². The van der Waals surface area contributed by atoms with Crippen molar-refractivity contribution in [3.63, 3.8) is 0 Å². The number of rotatable bonds is 80. The number of phosphoric acid groups is 2. The van der Waals surface area contributed by atoms with E-state index in [4.69, 9.17) is 32.3 Å². The number of allylic oxidation sites excluding steroid dienone is 18. The van der Waals surface area contributed by atoms with E-state index < -0.39 is 91.5 Å². The van der Waals surface area contributed by atoms with Crippen molar-refractivity contribution in [2.75, 3.05) is 39.6 Å². The smallest absolute Gasteiger partial charge is 0.463 e. The van der Waals surface area contributed by atoms with Crippen molar-refractivity contribution in [2.45, 2.75) is 386 Å². The minimum atomic E-state index is -4.93. The molecule has 0 aliphatic heterocycles. The molecule has 0 bridgehead atoms. The maximum Gasteiger partial charge on any atom is 0.472 e. The molecule has 16 nitrogen and oxygen atoms in total. The van der Waals surface area contributed by atoms with Crippen LogP contribution in [0.1, 0.15) is 367 Å². The number of ether oxygens (including phenoxy) is 3. The molecular formula is C87H154O16P2. The van der Waals surface area contributed by atoms with Crippen LogP contribution < -0.4 is 0 Å². The molecule has 0 aromatic carbocycles. The predicted octanol–water partition coefficient (Wildman–Crippen LogP) is 25.1. The fraction of sp³-hybridized carbons (Fsp3) is 0.759. The maximum atomic E-state index is 12.9. The standard InChI is InChI=1S/C87H154O16P2/c1-4-7-10-13-16-19-22-24-26-28-30-32-34-36-37-38-39-40-41-42-43-45-47-48-50-52-54-56-59-61-64-67-70-73-85(90)97-76-82(88)77-99-104(93,94)100-78-83(89)79-101-105(95,96)102-81-84(103-87(92)75-72-69-66-63-58-21-18-15-12-9-6-3)80-98-86(91)74-71-68-65-62-60-57-55-53-51-49-46-44-35-33-31-29-27-25-23-20-17-14-11-8-5-2/h15-20,24-27,30-33,36-37,44,46,82-84,88-89H,4-14,21-23,28-29,34-35,38-43,45,47-81H2,1-3H3,(H,93,94)(H,95,96)/b18-15-,19-16-,20-17-,26-24-,27-25-,32-30-,33-31-,37-36-,46-44-. The van der Waals surface area contributed by atoms with E-state index in [2.05, 4.69) is 130 Å². The second-order valence-electron chi connectivity index (χ2n) is 28.3. The third kappa shape index (κ3) is 81.0. The minimum Gasteiger partial charge on any atom is -0.463 e. The lowest BCUT2D eigenvalue weighted by atomic mass is 10.0. The Morgan fingerprint density at radius 1 is 0.267 bits per heavy atom. The van der Waals surface area contributed by atoms with Crippen molar-refractivity contribution in [1.29, 1.82) is 0 Å². The summed E-state index contributed by atoms with van der Waals surface area (Å²) in [6, 6.07) is 0. The van der Waals surface area contributed by atoms with Gasteiger partial charge in [-0.25, -0.2) is 9.13 Å². The summed E-state index contributed by atoms with van der Waals surface area (Å²) in [5, 5.41) is 20.6. The number of carbonyl (C=O) groups excluding carboxylic acids is 3. The van der Waals surface area contributed by atoms with Crippen molar-refractivity contribution >= 4 is 33.6 Å². The van der Waals surface area contributed by atoms with E-state index in [0.717, 1.165) is 128 Å². The van der Waals surface area contributed by atoms with Gasteiger partial charge in [-0.2, -0.15) is 0 Å². The lowest BCUT2D eigenvalue weighted by molar-refractivity contribution is -0.161. The second-order valence-corrected chi connectivity index (χ2v) is 31.2. The van der Waals surface area contributed by atoms with Gasteiger partial charge in [-0.05, 0) is 128 Å². The Hall–Kier alpha value is -3.79. The van der Waals surface area contributed by atoms with Crippen molar-refractivity contribution in [3.05, 3.63) is 109 Å². The first kappa shape index (κ1) is 101. The van der Waals surface area contributed by atoms with Gasteiger partial charge >= 0.3 is 33.6 Å². The van der Waals surface area contributed by atoms with Gasteiger partial charge in [-0.3, -0.25) is 32.5 Å². The van der Waals surface area contributed by atoms with Crippen LogP contribution in [0.2, 0.25) is 0 Å². The van der Waals surface area contributed by atoms with Gasteiger partial charge in [0.2, 0.25) is 0 Å². The van der Waals surface area contributed by atoms with Crippen LogP contribution in [0.15, 0.2) is 109 Å². The van der Waals surface area contributed by atoms with Crippen molar-refractivity contribution in [1.82, 2.24) is 0 Å². The molecule has 0 amide bonds. The molecule has 105 heavy (non-hydrogen) atoms. The summed E-state index contributed by atoms with van der Waals surface area (Å²) in [5.74, 6) is -1.58. The number of hydrogen-bond acceptors (Lipinski definition) is 14. The highest BCUT2D eigenvalue weighted by atomic mass is 31.2. The molecule has 0 fully saturated rings. The Bertz CT molecular complexity index is 2340. The van der Waals surface area contributed by atoms with Crippen molar-refractivity contribution in [2.24, 2.45) is 0 Å². The third-order valence-corrected chi connectivity index (χ3v) is 19.8. The van der Waals surface area contributed by atoms with Crippen LogP contribution in [0.5, 0.6) is 0 Å². The number of aliphatic hydroxyl groups excluding tert-OH is 2. The molecule has 0 spiro atoms. The van der Waals surface area contributed by atoms with Gasteiger partial charge in [-0.15, -0.1) is 0 Å². The number of aliphatic hydroxyl groups is 2. The number of hydrogen-bond donors (Lipinski definition) is 4. The van der Waals surface area contributed by atoms with Crippen molar-refractivity contribution < 1.29 is 75.8 Å². The summed E-state index contributed by atoms with van der Waals surface area (Å²) in [6.45, 7) is 2.60. The largest absolute Gasteiger partial charge is 0.472 e. The summed E-state index contributed by atoms with van der Waals surface area (Å²) in [7, 11) is -9.79. The molecule has 0 radical (unpaired) electrons. The number of carbonyl (C=O) groups is 3. The quantitative estimate of drug-likeness (QED) is 0.0146. The molecule has 0 aliphatic rings. The summed E-state index contributed by atoms with van der Waals surface area (Å²) in [4.78, 5) is 58.6. The van der Waals surface area contributed by atoms with Crippen LogP contribution in [-0.2, 0) is 55.8 Å². The summed E-state index contributed by atoms with van der Waals surface area (Å²) < 4.78 is 61.1. The summed E-state index contributed by atoms with van der Waals surface area (Å²) >= 11 is 0. The summed E-state index contributed by atoms with van der Waals surface area (Å²) in [5.41, 5.74) is 0. The van der Waals surface area contributed by atoms with Crippen LogP contribution in [-0.4, -0.2) is 95.9 Å². The molecule has 608 valence electrons. The molecular weight excluding hydrogens is 1360 g/mol. The summed E-state index contributed by atoms with van der Waals surface area (Å²) in [6.07, 6.45) is 94.5. The van der Waals surface area contributed by atoms with Gasteiger partial charge in [-0.1, -0.05) is 329 Å². The van der Waals surface area contributed by atoms with Crippen LogP contribution in [0, 0.1) is 0 Å². The highest BCUT2D eigenvalue weighted by molar-refractivity contribution is 7.47. The van der Waals surface area contributed by atoms with Gasteiger partial charge in [0.1, 0.15) is 25.4 Å². The van der Waals surface area contributed by atoms with Gasteiger partial charge in [0.15, 0.2) is 6.10 Å². The average Bonchev–Trinajstić information content (AvgIpc) is 0.921. The molecule has 5 unspecified atom stereocenters. The van der Waals surface area contributed by atoms with E-state index in [1.165, 1.54) is 180 Å². The van der Waals surface area contributed by atoms with Gasteiger partial charge in [0.05, 0.1) is 26.4 Å². The highest BCUT2D eigenvalue weighted by Crippen LogP contribution is 2.45. The predicted molar refractivity (Wildman–Crippen MR) is 436 cm³/mol. The first-order chi connectivity index (χ1) is 51.2. The van der Waals surface area contributed by atoms with E-state index in [-0.39, 0.29) is 19.3 Å². The fourth-order valence-electron chi connectivity index (χ4n) is 11.5. The van der Waals surface area contributed by atoms with E-state index in [1.807, 2.05) is 0 Å². The van der Waals surface area contributed by atoms with E-state index in [0.29, 0.717) is 19.3 Å². The zero-order valence-electron chi connectivity index (χ0n) is 66.6. The molecule has 0 aromatic heterocycles. The number of phosphoric ester groups is 2. The second kappa shape index (κ2) is 79.8. The van der Waals surface area contributed by atoms with Crippen LogP contribution in [0.25, 0.3) is 0 Å². The van der Waals surface area contributed by atoms with Crippen LogP contribution >= 0.6 is 15.6 Å². The topological polar surface area (TPSA) is 231 Å². The van der Waals surface area contributed by atoms with E-state index in [1.54, 1.807) is 0 Å². The Morgan fingerprint density at radius 2 is 0.486 bits per heavy atom.